The number of aryl methyl sites for hydroxylation is 2. The van der Waals surface area contributed by atoms with Crippen LogP contribution in [0.5, 0.6) is 5.88 Å². The minimum absolute atomic E-state index is 0. The molecule has 3 N–H and O–H groups in total. The zero-order valence-corrected chi connectivity index (χ0v) is 16.2. The van der Waals surface area contributed by atoms with Crippen LogP contribution in [0, 0.1) is 13.8 Å². The molecule has 152 valence electrons. The molecule has 2 aromatic carbocycles. The summed E-state index contributed by atoms with van der Waals surface area (Å²) in [5.41, 5.74) is 12.2. The van der Waals surface area contributed by atoms with Gasteiger partial charge in [0.15, 0.2) is 0 Å². The van der Waals surface area contributed by atoms with Gasteiger partial charge in [0.25, 0.3) is 5.88 Å². The summed E-state index contributed by atoms with van der Waals surface area (Å²) in [5.74, 6) is 1.23. The number of nitrogens with two attached hydrogens (primary N) is 1. The largest absolute Gasteiger partial charge is 0.473 e. The van der Waals surface area contributed by atoms with Gasteiger partial charge in [-0.15, -0.1) is 5.10 Å². The van der Waals surface area contributed by atoms with Crippen LogP contribution in [0.2, 0.25) is 0 Å². The highest BCUT2D eigenvalue weighted by Crippen LogP contribution is 2.39. The molecule has 0 saturated carbocycles. The lowest BCUT2D eigenvalue weighted by Gasteiger charge is -2.28. The number of hydrogen-bond acceptors (Lipinski definition) is 5. The van der Waals surface area contributed by atoms with E-state index in [1.165, 1.54) is 5.56 Å². The molecule has 0 fully saturated rings. The Kier molecular flexibility index (Phi) is 5.92. The molecule has 29 heavy (non-hydrogen) atoms. The summed E-state index contributed by atoms with van der Waals surface area (Å²) in [6.45, 7) is 5.35. The first kappa shape index (κ1) is 20.5. The zero-order chi connectivity index (χ0) is 19.7. The summed E-state index contributed by atoms with van der Waals surface area (Å²) < 4.78 is 5.54. The lowest BCUT2D eigenvalue weighted by atomic mass is 9.98. The van der Waals surface area contributed by atoms with Gasteiger partial charge in [-0.1, -0.05) is 43.3 Å². The van der Waals surface area contributed by atoms with E-state index in [-0.39, 0.29) is 13.2 Å². The van der Waals surface area contributed by atoms with E-state index in [0.717, 1.165) is 28.1 Å². The average molecular weight is 393 g/mol. The van der Waals surface area contributed by atoms with E-state index in [1.807, 2.05) is 24.3 Å². The van der Waals surface area contributed by atoms with Gasteiger partial charge in [-0.05, 0) is 42.7 Å². The van der Waals surface area contributed by atoms with Crippen LogP contribution in [0.1, 0.15) is 29.7 Å². The van der Waals surface area contributed by atoms with E-state index in [2.05, 4.69) is 47.1 Å². The number of nitrogen functional groups attached to an aromatic ring is 1. The van der Waals surface area contributed by atoms with Crippen LogP contribution in [0.3, 0.4) is 0 Å². The maximum Gasteiger partial charge on any atom is 0.259 e. The Morgan fingerprint density at radius 1 is 1.17 bits per heavy atom. The number of benzene rings is 2. The van der Waals surface area contributed by atoms with Crippen LogP contribution < -0.4 is 15.4 Å². The molecule has 0 unspecified atom stereocenters. The predicted molar refractivity (Wildman–Crippen MR) is 117 cm³/mol. The van der Waals surface area contributed by atoms with Crippen molar-refractivity contribution in [2.45, 2.75) is 34.1 Å². The molecule has 1 aliphatic rings. The van der Waals surface area contributed by atoms with Gasteiger partial charge in [-0.3, -0.25) is 9.89 Å². The minimum atomic E-state index is 0. The highest BCUT2D eigenvalue weighted by atomic mass is 16.5. The maximum absolute atomic E-state index is 12.5. The fourth-order valence-corrected chi connectivity index (χ4v) is 3.58. The molecule has 1 aromatic heterocycles. The molecule has 0 spiro atoms. The third-order valence-corrected chi connectivity index (χ3v) is 5.10. The van der Waals surface area contributed by atoms with Crippen LogP contribution in [-0.2, 0) is 17.6 Å². The number of carbonyl (C=O) groups is 1. The van der Waals surface area contributed by atoms with E-state index >= 15 is 0 Å². The van der Waals surface area contributed by atoms with Crippen molar-refractivity contribution in [3.63, 3.8) is 0 Å². The van der Waals surface area contributed by atoms with Crippen molar-refractivity contribution < 1.29 is 9.53 Å². The van der Waals surface area contributed by atoms with Crippen LogP contribution in [0.4, 0.5) is 17.2 Å². The quantitative estimate of drug-likeness (QED) is 0.682. The predicted octanol–water partition coefficient (Wildman–Crippen LogP) is 4.13. The summed E-state index contributed by atoms with van der Waals surface area (Å²) >= 11 is 0. The first-order valence-electron chi connectivity index (χ1n) is 9.42. The monoisotopic (exact) mass is 392 g/mol. The van der Waals surface area contributed by atoms with Crippen molar-refractivity contribution in [3.8, 4) is 5.88 Å². The highest BCUT2D eigenvalue weighted by Gasteiger charge is 2.25. The van der Waals surface area contributed by atoms with Gasteiger partial charge in [0.2, 0.25) is 0 Å². The third-order valence-electron chi connectivity index (χ3n) is 5.10. The molecule has 0 amide bonds. The molecule has 0 aliphatic carbocycles. The highest BCUT2D eigenvalue weighted by molar-refractivity contribution is 5.84. The standard InChI is InChI=1S/C22H24N4O2.CH4/c1-14-3-4-15(2)17(11-14)13-19(27)12-16-5-7-18(8-6-16)26-9-10-28-22-20(26)21(23)24-25-22;/h3-8,11H,9-10,12-13H2,1-2H3,(H3,23,24,25);1H4. The molecule has 0 bridgehead atoms. The van der Waals surface area contributed by atoms with Gasteiger partial charge in [0.05, 0.1) is 6.54 Å². The van der Waals surface area contributed by atoms with E-state index in [1.54, 1.807) is 0 Å². The smallest absolute Gasteiger partial charge is 0.259 e. The van der Waals surface area contributed by atoms with E-state index in [0.29, 0.717) is 37.7 Å². The average Bonchev–Trinajstić information content (AvgIpc) is 3.07. The maximum atomic E-state index is 12.5. The molecule has 1 aliphatic heterocycles. The lowest BCUT2D eigenvalue weighted by Crippen LogP contribution is -2.28. The number of aromatic nitrogens is 2. The number of nitrogens with one attached hydrogen (secondary N) is 1. The van der Waals surface area contributed by atoms with Gasteiger partial charge in [-0.2, -0.15) is 0 Å². The van der Waals surface area contributed by atoms with Crippen LogP contribution >= 0.6 is 0 Å². The van der Waals surface area contributed by atoms with E-state index < -0.39 is 0 Å². The number of rotatable bonds is 5. The van der Waals surface area contributed by atoms with Crippen molar-refractivity contribution in [3.05, 3.63) is 64.7 Å². The first-order valence-corrected chi connectivity index (χ1v) is 9.42. The topological polar surface area (TPSA) is 84.2 Å². The number of Topliss-reactive ketones (excluding diaryl/α,β-unsaturated/α-hetero) is 1. The molecule has 2 heterocycles. The summed E-state index contributed by atoms with van der Waals surface area (Å²) in [6.07, 6.45) is 0.892. The number of anilines is 3. The van der Waals surface area contributed by atoms with E-state index in [4.69, 9.17) is 10.5 Å². The van der Waals surface area contributed by atoms with Crippen molar-refractivity contribution in [2.75, 3.05) is 23.8 Å². The molecule has 6 heteroatoms. The number of hydrogen-bond donors (Lipinski definition) is 2. The van der Waals surface area contributed by atoms with Gasteiger partial charge in [0.1, 0.15) is 23.9 Å². The molecule has 3 aromatic rings. The third kappa shape index (κ3) is 4.26. The molecular weight excluding hydrogens is 364 g/mol. The SMILES string of the molecule is C.Cc1ccc(C)c(CC(=O)Cc2ccc(N3CCOc4n[nH]c(N)c43)cc2)c1. The van der Waals surface area contributed by atoms with Crippen LogP contribution in [0.25, 0.3) is 0 Å². The van der Waals surface area contributed by atoms with Gasteiger partial charge in [-0.25, -0.2) is 0 Å². The number of H-pyrrole nitrogens is 1. The van der Waals surface area contributed by atoms with Crippen LogP contribution in [-0.4, -0.2) is 29.1 Å². The first-order chi connectivity index (χ1) is 13.5. The van der Waals surface area contributed by atoms with Crippen molar-refractivity contribution >= 4 is 23.0 Å². The van der Waals surface area contributed by atoms with Crippen LogP contribution in [0.15, 0.2) is 42.5 Å². The number of carbonyl (C=O) groups excluding carboxylic acids is 1. The molecule has 0 saturated heterocycles. The number of ether oxygens (including phenoxy) is 1. The summed E-state index contributed by atoms with van der Waals surface area (Å²) in [6, 6.07) is 14.3. The summed E-state index contributed by atoms with van der Waals surface area (Å²) in [4.78, 5) is 14.6. The second kappa shape index (κ2) is 8.39. The van der Waals surface area contributed by atoms with E-state index in [9.17, 15) is 4.79 Å². The molecule has 0 atom stereocenters. The lowest BCUT2D eigenvalue weighted by molar-refractivity contribution is -0.117. The Morgan fingerprint density at radius 2 is 1.93 bits per heavy atom. The number of nitrogens with zero attached hydrogens (tertiary/aromatic N) is 2. The summed E-state index contributed by atoms with van der Waals surface area (Å²) in [7, 11) is 0. The molecule has 4 rings (SSSR count). The normalized spacial score (nSPS) is 12.7. The van der Waals surface area contributed by atoms with Crippen molar-refractivity contribution in [2.24, 2.45) is 0 Å². The van der Waals surface area contributed by atoms with Crippen molar-refractivity contribution in [1.82, 2.24) is 10.2 Å². The zero-order valence-electron chi connectivity index (χ0n) is 16.2. The van der Waals surface area contributed by atoms with Gasteiger partial charge < -0.3 is 15.4 Å². The van der Waals surface area contributed by atoms with Crippen molar-refractivity contribution in [1.29, 1.82) is 0 Å². The van der Waals surface area contributed by atoms with Gasteiger partial charge >= 0.3 is 0 Å². The Labute approximate surface area is 171 Å². The number of aromatic amines is 1. The second-order valence-electron chi connectivity index (χ2n) is 7.28. The molecule has 6 nitrogen and oxygen atoms in total. The number of ketones is 1. The number of fused-ring (bicyclic) bond motifs is 1. The Morgan fingerprint density at radius 3 is 2.69 bits per heavy atom. The molecular formula is C23H28N4O2. The van der Waals surface area contributed by atoms with Gasteiger partial charge in [0, 0.05) is 18.5 Å². The fourth-order valence-electron chi connectivity index (χ4n) is 3.58. The fraction of sp³-hybridized carbons (Fsp3) is 0.304. The Hall–Kier alpha value is -3.28. The second-order valence-corrected chi connectivity index (χ2v) is 7.28. The Bertz CT molecular complexity index is 1010. The summed E-state index contributed by atoms with van der Waals surface area (Å²) in [5, 5.41) is 6.85. The minimum Gasteiger partial charge on any atom is -0.473 e. The Balaban J connectivity index is 0.00000240. The molecule has 0 radical (unpaired) electrons.